The molecule has 26 heavy (non-hydrogen) atoms. The minimum absolute atomic E-state index is 0.0655. The molecule has 1 N–H and O–H groups in total. The Morgan fingerprint density at radius 3 is 2.73 bits per heavy atom. The van der Waals surface area contributed by atoms with Crippen LogP contribution in [0.4, 0.5) is 17.6 Å². The van der Waals surface area contributed by atoms with E-state index in [-0.39, 0.29) is 41.0 Å². The standard InChI is InChI=1S/C18H14F4N2O2/c19-5-1-2-11-3-4-13(26-12-6-10(7-23)8-24-9-12)15-14(11)17(25)18(21,22)16(15)20/h3-4,6,8-9,16-17,25H,1-2,5H2/t16-,17+/m1/s1. The lowest BCUT2D eigenvalue weighted by molar-refractivity contribution is -0.143. The maximum absolute atomic E-state index is 14.4. The van der Waals surface area contributed by atoms with Crippen molar-refractivity contribution in [2.75, 3.05) is 6.67 Å². The van der Waals surface area contributed by atoms with Gasteiger partial charge in [-0.2, -0.15) is 14.0 Å². The van der Waals surface area contributed by atoms with Crippen molar-refractivity contribution in [3.63, 3.8) is 0 Å². The van der Waals surface area contributed by atoms with Crippen LogP contribution in [0.2, 0.25) is 0 Å². The summed E-state index contributed by atoms with van der Waals surface area (Å²) in [5, 5.41) is 18.8. The Morgan fingerprint density at radius 1 is 1.27 bits per heavy atom. The molecule has 1 aromatic carbocycles. The number of rotatable bonds is 5. The molecule has 3 rings (SSSR count). The number of aliphatic hydroxyl groups is 1. The summed E-state index contributed by atoms with van der Waals surface area (Å²) in [5.74, 6) is -4.15. The molecule has 0 unspecified atom stereocenters. The third-order valence-electron chi connectivity index (χ3n) is 4.22. The van der Waals surface area contributed by atoms with Gasteiger partial charge in [0.25, 0.3) is 0 Å². The van der Waals surface area contributed by atoms with Gasteiger partial charge in [-0.15, -0.1) is 0 Å². The topological polar surface area (TPSA) is 66.1 Å². The van der Waals surface area contributed by atoms with E-state index < -0.39 is 30.4 Å². The fraction of sp³-hybridized carbons (Fsp3) is 0.333. The summed E-state index contributed by atoms with van der Waals surface area (Å²) in [4.78, 5) is 3.79. The van der Waals surface area contributed by atoms with Crippen LogP contribution >= 0.6 is 0 Å². The summed E-state index contributed by atoms with van der Waals surface area (Å²) in [6.45, 7) is -0.662. The van der Waals surface area contributed by atoms with Crippen molar-refractivity contribution in [1.29, 1.82) is 5.26 Å². The zero-order valence-electron chi connectivity index (χ0n) is 13.4. The molecule has 0 fully saturated rings. The SMILES string of the molecule is N#Cc1cncc(Oc2ccc(CCCF)c3c2[C@@H](F)C(F)(F)[C@H]3O)c1. The van der Waals surface area contributed by atoms with Gasteiger partial charge in [0.1, 0.15) is 23.7 Å². The first kappa shape index (κ1) is 18.1. The summed E-state index contributed by atoms with van der Waals surface area (Å²) in [7, 11) is 0. The second-order valence-electron chi connectivity index (χ2n) is 5.91. The summed E-state index contributed by atoms with van der Waals surface area (Å²) in [6, 6.07) is 5.88. The molecule has 0 amide bonds. The van der Waals surface area contributed by atoms with Crippen LogP contribution in [0.25, 0.3) is 0 Å². The molecule has 0 radical (unpaired) electrons. The molecule has 0 aliphatic heterocycles. The summed E-state index contributed by atoms with van der Waals surface area (Å²) >= 11 is 0. The number of alkyl halides is 4. The normalized spacial score (nSPS) is 20.5. The fourth-order valence-corrected chi connectivity index (χ4v) is 3.00. The summed E-state index contributed by atoms with van der Waals surface area (Å²) < 4.78 is 60.4. The second-order valence-corrected chi connectivity index (χ2v) is 5.91. The van der Waals surface area contributed by atoms with E-state index in [1.54, 1.807) is 0 Å². The number of fused-ring (bicyclic) bond motifs is 1. The van der Waals surface area contributed by atoms with E-state index in [1.165, 1.54) is 30.6 Å². The average molecular weight is 366 g/mol. The highest BCUT2D eigenvalue weighted by molar-refractivity contribution is 5.54. The van der Waals surface area contributed by atoms with Gasteiger partial charge in [-0.25, -0.2) is 4.39 Å². The summed E-state index contributed by atoms with van der Waals surface area (Å²) in [6.07, 6.45) is -2.41. The molecule has 1 heterocycles. The van der Waals surface area contributed by atoms with Gasteiger partial charge in [0.05, 0.1) is 18.4 Å². The van der Waals surface area contributed by atoms with Crippen LogP contribution in [0.1, 0.15) is 41.0 Å². The van der Waals surface area contributed by atoms with Crippen LogP contribution in [0.3, 0.4) is 0 Å². The number of aliphatic hydroxyl groups excluding tert-OH is 1. The van der Waals surface area contributed by atoms with Gasteiger partial charge in [-0.1, -0.05) is 6.07 Å². The van der Waals surface area contributed by atoms with Crippen LogP contribution in [-0.2, 0) is 6.42 Å². The Labute approximate surface area is 146 Å². The van der Waals surface area contributed by atoms with E-state index in [2.05, 4.69) is 4.98 Å². The minimum Gasteiger partial charge on any atom is -0.455 e. The second kappa shape index (κ2) is 6.92. The maximum Gasteiger partial charge on any atom is 0.312 e. The number of nitrogens with zero attached hydrogens (tertiary/aromatic N) is 2. The molecule has 0 saturated carbocycles. The predicted octanol–water partition coefficient (Wildman–Crippen LogP) is 4.34. The van der Waals surface area contributed by atoms with Gasteiger partial charge >= 0.3 is 5.92 Å². The number of hydrogen-bond donors (Lipinski definition) is 1. The lowest BCUT2D eigenvalue weighted by Crippen LogP contribution is -2.24. The number of benzene rings is 1. The van der Waals surface area contributed by atoms with Crippen LogP contribution in [-0.4, -0.2) is 22.7 Å². The van der Waals surface area contributed by atoms with E-state index >= 15 is 0 Å². The number of hydrogen-bond acceptors (Lipinski definition) is 4. The predicted molar refractivity (Wildman–Crippen MR) is 83.5 cm³/mol. The van der Waals surface area contributed by atoms with Crippen molar-refractivity contribution in [3.8, 4) is 17.6 Å². The molecule has 0 bridgehead atoms. The molecule has 1 aromatic heterocycles. The van der Waals surface area contributed by atoms with Crippen molar-refractivity contribution in [2.24, 2.45) is 0 Å². The molecule has 0 spiro atoms. The molecular weight excluding hydrogens is 352 g/mol. The minimum atomic E-state index is -4.01. The van der Waals surface area contributed by atoms with Gasteiger partial charge in [0.15, 0.2) is 6.17 Å². The maximum atomic E-state index is 14.4. The Bertz CT molecular complexity index is 867. The van der Waals surface area contributed by atoms with Crippen LogP contribution in [0, 0.1) is 11.3 Å². The van der Waals surface area contributed by atoms with E-state index in [1.807, 2.05) is 6.07 Å². The molecule has 2 aromatic rings. The zero-order valence-corrected chi connectivity index (χ0v) is 13.4. The number of aryl methyl sites for hydroxylation is 1. The van der Waals surface area contributed by atoms with Crippen molar-refractivity contribution < 1.29 is 27.4 Å². The van der Waals surface area contributed by atoms with Crippen molar-refractivity contribution in [1.82, 2.24) is 4.98 Å². The summed E-state index contributed by atoms with van der Waals surface area (Å²) in [5.41, 5.74) is -0.291. The third-order valence-corrected chi connectivity index (χ3v) is 4.22. The molecule has 4 nitrogen and oxygen atoms in total. The molecule has 0 saturated heterocycles. The Hall–Kier alpha value is -2.66. The van der Waals surface area contributed by atoms with E-state index in [9.17, 15) is 22.7 Å². The monoisotopic (exact) mass is 366 g/mol. The first-order valence-electron chi connectivity index (χ1n) is 7.84. The van der Waals surface area contributed by atoms with Crippen molar-refractivity contribution in [2.45, 2.75) is 31.0 Å². The highest BCUT2D eigenvalue weighted by Gasteiger charge is 2.58. The molecule has 2 atom stereocenters. The van der Waals surface area contributed by atoms with E-state index in [0.717, 1.165) is 0 Å². The smallest absolute Gasteiger partial charge is 0.312 e. The molecule has 136 valence electrons. The Morgan fingerprint density at radius 2 is 2.04 bits per heavy atom. The first-order chi connectivity index (χ1) is 12.4. The quantitative estimate of drug-likeness (QED) is 0.800. The lowest BCUT2D eigenvalue weighted by Gasteiger charge is -2.16. The van der Waals surface area contributed by atoms with Gasteiger partial charge in [0, 0.05) is 17.8 Å². The lowest BCUT2D eigenvalue weighted by atomic mass is 9.97. The first-order valence-corrected chi connectivity index (χ1v) is 7.84. The third kappa shape index (κ3) is 2.99. The number of ether oxygens (including phenoxy) is 1. The number of halogens is 4. The van der Waals surface area contributed by atoms with E-state index in [0.29, 0.717) is 0 Å². The Kier molecular flexibility index (Phi) is 4.83. The van der Waals surface area contributed by atoms with Gasteiger partial charge in [-0.05, 0) is 30.0 Å². The number of nitriles is 1. The number of aromatic nitrogens is 1. The van der Waals surface area contributed by atoms with Crippen molar-refractivity contribution in [3.05, 3.63) is 52.8 Å². The average Bonchev–Trinajstić information content (AvgIpc) is 2.82. The van der Waals surface area contributed by atoms with Crippen molar-refractivity contribution >= 4 is 0 Å². The fourth-order valence-electron chi connectivity index (χ4n) is 3.00. The molecular formula is C18H14F4N2O2. The van der Waals surface area contributed by atoms with Crippen LogP contribution in [0.5, 0.6) is 11.5 Å². The Balaban J connectivity index is 2.07. The number of pyridine rings is 1. The highest BCUT2D eigenvalue weighted by atomic mass is 19.3. The van der Waals surface area contributed by atoms with Gasteiger partial charge < -0.3 is 9.84 Å². The molecule has 1 aliphatic carbocycles. The molecule has 1 aliphatic rings. The van der Waals surface area contributed by atoms with Gasteiger partial charge in [0.2, 0.25) is 0 Å². The molecule has 8 heteroatoms. The zero-order chi connectivity index (χ0) is 18.9. The van der Waals surface area contributed by atoms with Gasteiger partial charge in [-0.3, -0.25) is 9.37 Å². The van der Waals surface area contributed by atoms with Crippen LogP contribution < -0.4 is 4.74 Å². The highest BCUT2D eigenvalue weighted by Crippen LogP contribution is 2.56. The van der Waals surface area contributed by atoms with E-state index in [4.69, 9.17) is 10.00 Å². The largest absolute Gasteiger partial charge is 0.455 e. The van der Waals surface area contributed by atoms with Crippen LogP contribution in [0.15, 0.2) is 30.6 Å².